The quantitative estimate of drug-likeness (QED) is 0.486. The Hall–Kier alpha value is -1.67. The highest BCUT2D eigenvalue weighted by Gasteiger charge is 2.38. The second-order valence-electron chi connectivity index (χ2n) is 3.91. The van der Waals surface area contributed by atoms with Crippen LogP contribution < -0.4 is 0 Å². The van der Waals surface area contributed by atoms with Crippen molar-refractivity contribution < 1.29 is 31.9 Å². The molecule has 0 unspecified atom stereocenters. The van der Waals surface area contributed by atoms with Gasteiger partial charge in [-0.15, -0.1) is 0 Å². The Morgan fingerprint density at radius 3 is 2.35 bits per heavy atom. The molecule has 1 heterocycles. The number of hydrogen-bond acceptors (Lipinski definition) is 4. The normalized spacial score (nSPS) is 17.5. The third-order valence-corrected chi connectivity index (χ3v) is 2.44. The first kappa shape index (κ1) is 14.7. The smallest absolute Gasteiger partial charge is 0.390 e. The maximum Gasteiger partial charge on any atom is 0.437 e. The van der Waals surface area contributed by atoms with Gasteiger partial charge in [-0.2, -0.15) is 13.2 Å². The lowest BCUT2D eigenvalue weighted by Gasteiger charge is -2.12. The molecule has 0 amide bonds. The average Bonchev–Trinajstić information content (AvgIpc) is 2.88. The number of halogens is 4. The molecule has 1 aromatic carbocycles. The van der Waals surface area contributed by atoms with E-state index >= 15 is 0 Å². The zero-order chi connectivity index (χ0) is 14.6. The Labute approximate surface area is 111 Å². The van der Waals surface area contributed by atoms with E-state index in [1.807, 2.05) is 0 Å². The number of hydrogen-bond donors (Lipinski definition) is 0. The van der Waals surface area contributed by atoms with E-state index in [1.54, 1.807) is 0 Å². The van der Waals surface area contributed by atoms with Crippen molar-refractivity contribution >= 4 is 5.71 Å². The van der Waals surface area contributed by atoms with Gasteiger partial charge in [0.2, 0.25) is 0 Å². The molecule has 0 radical (unpaired) electrons. The third kappa shape index (κ3) is 3.91. The molecule has 0 atom stereocenters. The summed E-state index contributed by atoms with van der Waals surface area (Å²) < 4.78 is 61.2. The summed E-state index contributed by atoms with van der Waals surface area (Å²) in [4.78, 5) is 4.62. The number of alkyl halides is 3. The number of rotatable bonds is 4. The second-order valence-corrected chi connectivity index (χ2v) is 3.91. The van der Waals surface area contributed by atoms with Crippen LogP contribution in [0, 0.1) is 5.82 Å². The summed E-state index contributed by atoms with van der Waals surface area (Å²) in [6, 6.07) is 3.79. The van der Waals surface area contributed by atoms with Gasteiger partial charge >= 0.3 is 6.18 Å². The standard InChI is InChI=1S/C12H11F4NO3/c13-9-3-1-8(2-4-9)11(12(14,15)16)17-20-7-10-18-5-6-19-10/h1-4,10H,5-7H2. The van der Waals surface area contributed by atoms with Crippen LogP contribution in [-0.2, 0) is 14.3 Å². The largest absolute Gasteiger partial charge is 0.437 e. The number of benzene rings is 1. The summed E-state index contributed by atoms with van der Waals surface area (Å²) >= 11 is 0. The zero-order valence-corrected chi connectivity index (χ0v) is 10.2. The first-order valence-corrected chi connectivity index (χ1v) is 5.73. The van der Waals surface area contributed by atoms with Gasteiger partial charge in [0.1, 0.15) is 5.82 Å². The second kappa shape index (κ2) is 6.19. The van der Waals surface area contributed by atoms with Gasteiger partial charge in [-0.3, -0.25) is 0 Å². The molecule has 8 heteroatoms. The van der Waals surface area contributed by atoms with Crippen molar-refractivity contribution in [3.63, 3.8) is 0 Å². The van der Waals surface area contributed by atoms with Crippen molar-refractivity contribution in [1.29, 1.82) is 0 Å². The van der Waals surface area contributed by atoms with Gasteiger partial charge in [0.15, 0.2) is 18.6 Å². The Morgan fingerprint density at radius 1 is 1.20 bits per heavy atom. The van der Waals surface area contributed by atoms with E-state index in [0.29, 0.717) is 13.2 Å². The molecule has 0 spiro atoms. The summed E-state index contributed by atoms with van der Waals surface area (Å²) in [5.41, 5.74) is -1.53. The first-order chi connectivity index (χ1) is 9.47. The highest BCUT2D eigenvalue weighted by Crippen LogP contribution is 2.23. The van der Waals surface area contributed by atoms with E-state index < -0.39 is 24.0 Å². The molecule has 0 aliphatic carbocycles. The first-order valence-electron chi connectivity index (χ1n) is 5.73. The minimum atomic E-state index is -4.71. The summed E-state index contributed by atoms with van der Waals surface area (Å²) in [6.45, 7) is 0.477. The van der Waals surface area contributed by atoms with Gasteiger partial charge in [0.25, 0.3) is 0 Å². The summed E-state index contributed by atoms with van der Waals surface area (Å²) in [7, 11) is 0. The maximum atomic E-state index is 12.8. The Kier molecular flexibility index (Phi) is 4.56. The Balaban J connectivity index is 2.08. The minimum Gasteiger partial charge on any atom is -0.390 e. The molecule has 0 bridgehead atoms. The van der Waals surface area contributed by atoms with Crippen LogP contribution in [0.4, 0.5) is 17.6 Å². The van der Waals surface area contributed by atoms with Crippen LogP contribution in [-0.4, -0.2) is 38.0 Å². The fourth-order valence-corrected chi connectivity index (χ4v) is 1.54. The average molecular weight is 293 g/mol. The predicted molar refractivity (Wildman–Crippen MR) is 60.6 cm³/mol. The van der Waals surface area contributed by atoms with Crippen molar-refractivity contribution in [2.45, 2.75) is 12.5 Å². The topological polar surface area (TPSA) is 40.0 Å². The zero-order valence-electron chi connectivity index (χ0n) is 10.2. The Bertz CT molecular complexity index is 467. The number of nitrogens with zero attached hydrogens (tertiary/aromatic N) is 1. The van der Waals surface area contributed by atoms with Crippen molar-refractivity contribution in [2.75, 3.05) is 19.8 Å². The molecule has 4 nitrogen and oxygen atoms in total. The van der Waals surface area contributed by atoms with Gasteiger partial charge in [-0.1, -0.05) is 5.16 Å². The lowest BCUT2D eigenvalue weighted by molar-refractivity contribution is -0.0979. The lowest BCUT2D eigenvalue weighted by Crippen LogP contribution is -2.25. The van der Waals surface area contributed by atoms with Crippen LogP contribution in [0.5, 0.6) is 0 Å². The van der Waals surface area contributed by atoms with Crippen LogP contribution in [0.15, 0.2) is 29.4 Å². The van der Waals surface area contributed by atoms with Crippen LogP contribution in [0.1, 0.15) is 5.56 Å². The van der Waals surface area contributed by atoms with Crippen molar-refractivity contribution in [2.24, 2.45) is 5.16 Å². The van der Waals surface area contributed by atoms with E-state index in [0.717, 1.165) is 24.3 Å². The summed E-state index contributed by atoms with van der Waals surface area (Å²) in [6.07, 6.45) is -5.43. The lowest BCUT2D eigenvalue weighted by atomic mass is 10.1. The van der Waals surface area contributed by atoms with Gasteiger partial charge in [-0.25, -0.2) is 4.39 Å². The molecular weight excluding hydrogens is 282 g/mol. The van der Waals surface area contributed by atoms with Gasteiger partial charge in [0.05, 0.1) is 13.2 Å². The van der Waals surface area contributed by atoms with Crippen molar-refractivity contribution in [1.82, 2.24) is 0 Å². The highest BCUT2D eigenvalue weighted by atomic mass is 19.4. The SMILES string of the molecule is Fc1ccc(C(=NOCC2OCCO2)C(F)(F)F)cc1. The molecule has 0 N–H and O–H groups in total. The van der Waals surface area contributed by atoms with Crippen LogP contribution in [0.3, 0.4) is 0 Å². The fraction of sp³-hybridized carbons (Fsp3) is 0.417. The molecule has 1 aromatic rings. The van der Waals surface area contributed by atoms with E-state index in [-0.39, 0.29) is 12.2 Å². The molecule has 110 valence electrons. The van der Waals surface area contributed by atoms with Crippen molar-refractivity contribution in [3.8, 4) is 0 Å². The van der Waals surface area contributed by atoms with Gasteiger partial charge in [0, 0.05) is 5.56 Å². The fourth-order valence-electron chi connectivity index (χ4n) is 1.54. The molecule has 1 fully saturated rings. The summed E-state index contributed by atoms with van der Waals surface area (Å²) in [5.74, 6) is -0.635. The van der Waals surface area contributed by atoms with E-state index in [2.05, 4.69) is 9.99 Å². The van der Waals surface area contributed by atoms with Crippen molar-refractivity contribution in [3.05, 3.63) is 35.6 Å². The third-order valence-electron chi connectivity index (χ3n) is 2.44. The minimum absolute atomic E-state index is 0.249. The molecule has 0 saturated carbocycles. The molecule has 0 aromatic heterocycles. The predicted octanol–water partition coefficient (Wildman–Crippen LogP) is 2.48. The van der Waals surface area contributed by atoms with Gasteiger partial charge < -0.3 is 14.3 Å². The molecular formula is C12H11F4NO3. The van der Waals surface area contributed by atoms with Crippen LogP contribution in [0.25, 0.3) is 0 Å². The summed E-state index contributed by atoms with van der Waals surface area (Å²) in [5, 5.41) is 3.07. The Morgan fingerprint density at radius 2 is 1.80 bits per heavy atom. The van der Waals surface area contributed by atoms with E-state index in [9.17, 15) is 17.6 Å². The molecule has 1 saturated heterocycles. The molecule has 1 aliphatic heterocycles. The number of ether oxygens (including phenoxy) is 2. The maximum absolute atomic E-state index is 12.8. The van der Waals surface area contributed by atoms with Gasteiger partial charge in [-0.05, 0) is 24.3 Å². The molecule has 1 aliphatic rings. The number of oxime groups is 1. The monoisotopic (exact) mass is 293 g/mol. The molecule has 20 heavy (non-hydrogen) atoms. The van der Waals surface area contributed by atoms with Crippen LogP contribution >= 0.6 is 0 Å². The molecule has 2 rings (SSSR count). The van der Waals surface area contributed by atoms with E-state index in [4.69, 9.17) is 9.47 Å². The highest BCUT2D eigenvalue weighted by molar-refractivity contribution is 6.04. The van der Waals surface area contributed by atoms with E-state index in [1.165, 1.54) is 0 Å². The van der Waals surface area contributed by atoms with Crippen LogP contribution in [0.2, 0.25) is 0 Å².